The Balaban J connectivity index is -0.0000000150. The molecule has 0 bridgehead atoms. The van der Waals surface area contributed by atoms with Gasteiger partial charge in [0.1, 0.15) is 0 Å². The van der Waals surface area contributed by atoms with Crippen LogP contribution < -0.4 is 0 Å². The van der Waals surface area contributed by atoms with Crippen molar-refractivity contribution in [2.24, 2.45) is 0 Å². The first-order chi connectivity index (χ1) is 1.73. The second kappa shape index (κ2) is 15.7. The van der Waals surface area contributed by atoms with Gasteiger partial charge in [-0.05, 0) is 0 Å². The van der Waals surface area contributed by atoms with Gasteiger partial charge in [-0.3, -0.25) is 0 Å². The van der Waals surface area contributed by atoms with Gasteiger partial charge in [0, 0.05) is 0 Å². The first kappa shape index (κ1) is 23.8. The zero-order valence-electron chi connectivity index (χ0n) is 4.80. The summed E-state index contributed by atoms with van der Waals surface area (Å²) in [7, 11) is 0. The van der Waals surface area contributed by atoms with Crippen LogP contribution in [0.4, 0.5) is 0 Å². The zero-order chi connectivity index (χ0) is 3.58. The van der Waals surface area contributed by atoms with E-state index in [1.54, 1.807) is 0 Å². The lowest BCUT2D eigenvalue weighted by Gasteiger charge is -1.67. The average molecular weight is 181 g/mol. The van der Waals surface area contributed by atoms with Gasteiger partial charge in [0.25, 0.3) is 14.1 Å². The van der Waals surface area contributed by atoms with E-state index < -0.39 is 0 Å². The molecule has 0 aromatic rings. The highest BCUT2D eigenvalue weighted by Crippen LogP contribution is 1.68. The maximum atomic E-state index is 2.31. The predicted molar refractivity (Wildman–Crippen MR) is 45.1 cm³/mol. The summed E-state index contributed by atoms with van der Waals surface area (Å²) < 4.78 is 0. The van der Waals surface area contributed by atoms with Crippen LogP contribution in [-0.4, -0.2) is 14.1 Å². The predicted octanol–water partition coefficient (Wildman–Crippen LogP) is 2.64. The topological polar surface area (TPSA) is 0 Å². The molecule has 0 aliphatic carbocycles. The minimum Gasteiger partial charge on any atom is -0.147 e. The molecule has 0 saturated heterocycles. The van der Waals surface area contributed by atoms with Crippen LogP contribution in [0.2, 0.25) is 17.4 Å². The Labute approximate surface area is 68.7 Å². The van der Waals surface area contributed by atoms with E-state index in [2.05, 4.69) is 17.4 Å². The van der Waals surface area contributed by atoms with E-state index in [9.17, 15) is 0 Å². The van der Waals surface area contributed by atoms with Crippen LogP contribution in [0.25, 0.3) is 0 Å². The molecule has 4 heteroatoms. The van der Waals surface area contributed by atoms with E-state index >= 15 is 0 Å². The molecular weight excluding hydrogens is 169 g/mol. The maximum absolute atomic E-state index is 2.31. The zero-order valence-corrected chi connectivity index (χ0v) is 8.41. The van der Waals surface area contributed by atoms with Gasteiger partial charge in [0.2, 0.25) is 0 Å². The summed E-state index contributed by atoms with van der Waals surface area (Å²) >= 11 is -0.139. The summed E-state index contributed by atoms with van der Waals surface area (Å²) in [5.41, 5.74) is 0. The molecular formula is C3H12AlCl3. The fourth-order valence-electron chi connectivity index (χ4n) is 0. The van der Waals surface area contributed by atoms with Gasteiger partial charge in [0.05, 0.1) is 0 Å². The van der Waals surface area contributed by atoms with Gasteiger partial charge in [-0.15, -0.1) is 54.6 Å². The monoisotopic (exact) mass is 180 g/mol. The molecule has 0 nitrogen and oxygen atoms in total. The van der Waals surface area contributed by atoms with E-state index in [4.69, 9.17) is 0 Å². The van der Waals surface area contributed by atoms with Crippen molar-refractivity contribution in [1.29, 1.82) is 0 Å². The molecule has 0 saturated carbocycles. The Bertz CT molecular complexity index is 14.9. The summed E-state index contributed by atoms with van der Waals surface area (Å²) in [5.74, 6) is 6.92. The van der Waals surface area contributed by atoms with E-state index in [0.29, 0.717) is 0 Å². The second-order valence-corrected chi connectivity index (χ2v) is 5.20. The first-order valence-corrected chi connectivity index (χ1v) is 5.20. The minimum absolute atomic E-state index is 0. The molecule has 0 spiro atoms. The van der Waals surface area contributed by atoms with E-state index in [1.165, 1.54) is 0 Å². The number of halogens is 3. The number of hydrogen-bond acceptors (Lipinski definition) is 0. The largest absolute Gasteiger partial charge is 0.251 e. The summed E-state index contributed by atoms with van der Waals surface area (Å²) in [4.78, 5) is 0. The molecule has 0 unspecified atom stereocenters. The molecule has 0 N–H and O–H groups in total. The summed E-state index contributed by atoms with van der Waals surface area (Å²) in [6, 6.07) is 0. The van der Waals surface area contributed by atoms with Crippen LogP contribution >= 0.6 is 37.2 Å². The molecule has 0 rings (SSSR count). The molecule has 0 atom stereocenters. The highest BCUT2D eigenvalue weighted by atomic mass is 35.5. The van der Waals surface area contributed by atoms with Crippen LogP contribution in [0.1, 0.15) is 0 Å². The van der Waals surface area contributed by atoms with Crippen molar-refractivity contribution < 1.29 is 0 Å². The fraction of sp³-hybridized carbons (Fsp3) is 1.00. The van der Waals surface area contributed by atoms with Crippen LogP contribution in [0.5, 0.6) is 0 Å². The van der Waals surface area contributed by atoms with Crippen molar-refractivity contribution in [3.63, 3.8) is 0 Å². The van der Waals surface area contributed by atoms with Crippen LogP contribution in [0, 0.1) is 0 Å². The summed E-state index contributed by atoms with van der Waals surface area (Å²) in [6.07, 6.45) is 0. The highest BCUT2D eigenvalue weighted by Gasteiger charge is 1.81. The van der Waals surface area contributed by atoms with Gasteiger partial charge >= 0.3 is 0 Å². The molecule has 0 aliphatic rings. The lowest BCUT2D eigenvalue weighted by Crippen LogP contribution is -1.84. The van der Waals surface area contributed by atoms with Crippen molar-refractivity contribution in [3.8, 4) is 0 Å². The van der Waals surface area contributed by atoms with Gasteiger partial charge in [-0.1, -0.05) is 0 Å². The average Bonchev–Trinajstić information content (AvgIpc) is 0.811. The molecule has 7 heavy (non-hydrogen) atoms. The SMILES string of the molecule is Cl.Cl.Cl.[CH3][Al]([CH3])[CH3]. The molecule has 0 heterocycles. The standard InChI is InChI=1S/3CH3.Al.3ClH/h3*1H3;;3*1H. The lowest BCUT2D eigenvalue weighted by molar-refractivity contribution is 1.91. The Morgan fingerprint density at radius 3 is 0.714 bits per heavy atom. The Kier molecular flexibility index (Phi) is 53.1. The van der Waals surface area contributed by atoms with Crippen molar-refractivity contribution >= 4 is 51.4 Å². The van der Waals surface area contributed by atoms with Crippen LogP contribution in [0.3, 0.4) is 0 Å². The van der Waals surface area contributed by atoms with E-state index in [-0.39, 0.29) is 51.4 Å². The third-order valence-electron chi connectivity index (χ3n) is 0. The van der Waals surface area contributed by atoms with Gasteiger partial charge in [0.15, 0.2) is 0 Å². The van der Waals surface area contributed by atoms with E-state index in [0.717, 1.165) is 0 Å². The van der Waals surface area contributed by atoms with Crippen molar-refractivity contribution in [2.75, 3.05) is 0 Å². The van der Waals surface area contributed by atoms with Gasteiger partial charge in [-0.2, -0.15) is 0 Å². The first-order valence-electron chi connectivity index (χ1n) is 1.73. The maximum Gasteiger partial charge on any atom is 0.251 e. The van der Waals surface area contributed by atoms with Crippen molar-refractivity contribution in [2.45, 2.75) is 17.4 Å². The molecule has 0 radical (unpaired) electrons. The van der Waals surface area contributed by atoms with Crippen molar-refractivity contribution in [1.82, 2.24) is 0 Å². The lowest BCUT2D eigenvalue weighted by atomic mass is 11.8. The fourth-order valence-corrected chi connectivity index (χ4v) is 0. The Morgan fingerprint density at radius 2 is 0.714 bits per heavy atom. The van der Waals surface area contributed by atoms with Crippen molar-refractivity contribution in [3.05, 3.63) is 0 Å². The molecule has 0 aliphatic heterocycles. The molecule has 0 aromatic carbocycles. The Morgan fingerprint density at radius 1 is 0.714 bits per heavy atom. The molecule has 48 valence electrons. The van der Waals surface area contributed by atoms with Crippen LogP contribution in [-0.2, 0) is 0 Å². The van der Waals surface area contributed by atoms with E-state index in [1.807, 2.05) is 0 Å². The normalized spacial score (nSPS) is 3.86. The second-order valence-electron chi connectivity index (χ2n) is 1.73. The van der Waals surface area contributed by atoms with Gasteiger partial charge < -0.3 is 0 Å². The summed E-state index contributed by atoms with van der Waals surface area (Å²) in [5, 5.41) is 0. The smallest absolute Gasteiger partial charge is 0.147 e. The number of rotatable bonds is 0. The van der Waals surface area contributed by atoms with Gasteiger partial charge in [-0.25, -0.2) is 0 Å². The van der Waals surface area contributed by atoms with Crippen LogP contribution in [0.15, 0.2) is 0 Å². The highest BCUT2D eigenvalue weighted by molar-refractivity contribution is 6.54. The quantitative estimate of drug-likeness (QED) is 0.504. The molecule has 0 amide bonds. The third kappa shape index (κ3) is 110. The third-order valence-corrected chi connectivity index (χ3v) is 0. The summed E-state index contributed by atoms with van der Waals surface area (Å²) in [6.45, 7) is 0. The number of hydrogen-bond donors (Lipinski definition) is 0. The Hall–Kier alpha value is 1.40. The minimum atomic E-state index is -0.139. The molecule has 0 fully saturated rings. The molecule has 0 aromatic heterocycles.